The molecule has 0 aliphatic heterocycles. The van der Waals surface area contributed by atoms with E-state index < -0.39 is 5.91 Å². The van der Waals surface area contributed by atoms with Crippen LogP contribution in [0.15, 0.2) is 42.7 Å². The van der Waals surface area contributed by atoms with Gasteiger partial charge >= 0.3 is 0 Å². The molecule has 7 nitrogen and oxygen atoms in total. The molecular formula is C15H14ClN5O2. The number of fused-ring (bicyclic) bond motifs is 1. The first kappa shape index (κ1) is 15.1. The van der Waals surface area contributed by atoms with Crippen LogP contribution in [0.25, 0.3) is 5.52 Å². The van der Waals surface area contributed by atoms with E-state index >= 15 is 0 Å². The molecule has 0 saturated carbocycles. The quantitative estimate of drug-likeness (QED) is 0.621. The van der Waals surface area contributed by atoms with Crippen molar-refractivity contribution in [3.05, 3.63) is 53.3 Å². The van der Waals surface area contributed by atoms with Gasteiger partial charge in [0, 0.05) is 11.9 Å². The second-order valence-corrected chi connectivity index (χ2v) is 5.12. The Morgan fingerprint density at radius 1 is 1.39 bits per heavy atom. The van der Waals surface area contributed by atoms with Crippen molar-refractivity contribution in [2.45, 2.75) is 0 Å². The van der Waals surface area contributed by atoms with Gasteiger partial charge in [-0.2, -0.15) is 5.10 Å². The molecule has 118 valence electrons. The van der Waals surface area contributed by atoms with E-state index in [-0.39, 0.29) is 12.3 Å². The summed E-state index contributed by atoms with van der Waals surface area (Å²) in [4.78, 5) is 11.7. The van der Waals surface area contributed by atoms with Crippen molar-refractivity contribution in [2.75, 3.05) is 12.0 Å². The number of nitrogens with two attached hydrogens (primary N) is 2. The predicted octanol–water partition coefficient (Wildman–Crippen LogP) is 2.13. The number of halogens is 1. The number of nitrogens with zero attached hydrogens (tertiary/aromatic N) is 2. The lowest BCUT2D eigenvalue weighted by molar-refractivity contribution is 0.100. The van der Waals surface area contributed by atoms with Crippen molar-refractivity contribution in [2.24, 2.45) is 11.5 Å². The van der Waals surface area contributed by atoms with Gasteiger partial charge in [0.2, 0.25) is 0 Å². The zero-order valence-electron chi connectivity index (χ0n) is 12.0. The second-order valence-electron chi connectivity index (χ2n) is 4.72. The Hall–Kier alpha value is -2.77. The largest absolute Gasteiger partial charge is 0.477 e. The molecule has 8 heteroatoms. The van der Waals surface area contributed by atoms with Crippen LogP contribution in [0.1, 0.15) is 10.4 Å². The molecular weight excluding hydrogens is 318 g/mol. The minimum absolute atomic E-state index is 0.0352. The molecule has 0 unspecified atom stereocenters. The first-order chi connectivity index (χ1) is 11.1. The van der Waals surface area contributed by atoms with Crippen LogP contribution in [0.2, 0.25) is 5.02 Å². The normalized spacial score (nSPS) is 10.7. The van der Waals surface area contributed by atoms with Gasteiger partial charge in [0.05, 0.1) is 28.0 Å². The topological polar surface area (TPSA) is 108 Å². The fourth-order valence-corrected chi connectivity index (χ4v) is 2.48. The van der Waals surface area contributed by atoms with Crippen LogP contribution in [0.3, 0.4) is 0 Å². The van der Waals surface area contributed by atoms with Crippen molar-refractivity contribution in [3.63, 3.8) is 0 Å². The Bertz CT molecular complexity index is 877. The number of primary amides is 1. The first-order valence-corrected chi connectivity index (χ1v) is 7.13. The Labute approximate surface area is 136 Å². The van der Waals surface area contributed by atoms with Gasteiger partial charge in [-0.05, 0) is 30.3 Å². The van der Waals surface area contributed by atoms with Crippen molar-refractivity contribution < 1.29 is 9.53 Å². The van der Waals surface area contributed by atoms with E-state index in [0.717, 1.165) is 5.52 Å². The predicted molar refractivity (Wildman–Crippen MR) is 88.1 cm³/mol. The molecule has 5 N–H and O–H groups in total. The lowest BCUT2D eigenvalue weighted by Gasteiger charge is -2.13. The molecule has 2 heterocycles. The minimum Gasteiger partial charge on any atom is -0.477 e. The molecule has 2 aromatic heterocycles. The number of rotatable bonds is 5. The lowest BCUT2D eigenvalue weighted by Crippen LogP contribution is -2.15. The summed E-state index contributed by atoms with van der Waals surface area (Å²) in [5.41, 5.74) is 13.0. The number of benzene rings is 1. The van der Waals surface area contributed by atoms with Crippen molar-refractivity contribution >= 4 is 34.4 Å². The number of amides is 1. The minimum atomic E-state index is -0.571. The molecule has 3 aromatic rings. The molecule has 1 aromatic carbocycles. The third-order valence-electron chi connectivity index (χ3n) is 3.27. The summed E-state index contributed by atoms with van der Waals surface area (Å²) in [7, 11) is 0. The van der Waals surface area contributed by atoms with Crippen LogP contribution in [-0.2, 0) is 0 Å². The average molecular weight is 332 g/mol. The molecule has 0 bridgehead atoms. The standard InChI is InChI=1S/C15H14ClN5O2/c16-11-6-9(3-4-13(11)23-8-17)20-14-10(15(18)22)7-19-21-5-1-2-12(14)21/h1-7,20H,8,17H2,(H2,18,22). The maximum atomic E-state index is 11.7. The molecule has 0 fully saturated rings. The van der Waals surface area contributed by atoms with E-state index in [4.69, 9.17) is 27.8 Å². The number of ether oxygens (including phenoxy) is 1. The Morgan fingerprint density at radius 2 is 2.22 bits per heavy atom. The highest BCUT2D eigenvalue weighted by Crippen LogP contribution is 2.31. The van der Waals surface area contributed by atoms with Crippen LogP contribution in [0.5, 0.6) is 5.75 Å². The van der Waals surface area contributed by atoms with Gasteiger partial charge in [-0.1, -0.05) is 11.6 Å². The number of anilines is 2. The van der Waals surface area contributed by atoms with E-state index in [1.807, 2.05) is 12.1 Å². The van der Waals surface area contributed by atoms with Crippen LogP contribution in [-0.4, -0.2) is 22.3 Å². The van der Waals surface area contributed by atoms with Gasteiger partial charge in [-0.3, -0.25) is 10.5 Å². The molecule has 3 rings (SSSR count). The van der Waals surface area contributed by atoms with Crippen molar-refractivity contribution in [1.29, 1.82) is 0 Å². The van der Waals surface area contributed by atoms with E-state index in [0.29, 0.717) is 22.1 Å². The molecule has 0 saturated heterocycles. The van der Waals surface area contributed by atoms with Crippen molar-refractivity contribution in [1.82, 2.24) is 9.61 Å². The maximum Gasteiger partial charge on any atom is 0.252 e. The van der Waals surface area contributed by atoms with Gasteiger partial charge in [-0.15, -0.1) is 0 Å². The number of aromatic nitrogens is 2. The fourth-order valence-electron chi connectivity index (χ4n) is 2.24. The molecule has 0 aliphatic carbocycles. The summed E-state index contributed by atoms with van der Waals surface area (Å²) in [5, 5.41) is 7.70. The van der Waals surface area contributed by atoms with Crippen LogP contribution < -0.4 is 21.5 Å². The summed E-state index contributed by atoms with van der Waals surface area (Å²) < 4.78 is 6.83. The van der Waals surface area contributed by atoms with Gasteiger partial charge < -0.3 is 15.8 Å². The molecule has 23 heavy (non-hydrogen) atoms. The lowest BCUT2D eigenvalue weighted by atomic mass is 10.2. The number of hydrogen-bond acceptors (Lipinski definition) is 5. The van der Waals surface area contributed by atoms with Gasteiger partial charge in [-0.25, -0.2) is 4.52 Å². The summed E-state index contributed by atoms with van der Waals surface area (Å²) in [6.07, 6.45) is 3.20. The fraction of sp³-hybridized carbons (Fsp3) is 0.0667. The molecule has 0 spiro atoms. The van der Waals surface area contributed by atoms with Gasteiger partial charge in [0.15, 0.2) is 0 Å². The van der Waals surface area contributed by atoms with Gasteiger partial charge in [0.25, 0.3) is 5.91 Å². The summed E-state index contributed by atoms with van der Waals surface area (Å²) in [6, 6.07) is 8.79. The smallest absolute Gasteiger partial charge is 0.252 e. The Morgan fingerprint density at radius 3 is 2.91 bits per heavy atom. The maximum absolute atomic E-state index is 11.7. The van der Waals surface area contributed by atoms with E-state index in [1.165, 1.54) is 6.20 Å². The van der Waals surface area contributed by atoms with Crippen LogP contribution in [0, 0.1) is 0 Å². The molecule has 0 radical (unpaired) electrons. The third kappa shape index (κ3) is 2.92. The number of carbonyl (C=O) groups excluding carboxylic acids is 1. The molecule has 1 amide bonds. The van der Waals surface area contributed by atoms with Crippen LogP contribution >= 0.6 is 11.6 Å². The number of nitrogens with one attached hydrogen (secondary N) is 1. The summed E-state index contributed by atoms with van der Waals surface area (Å²) in [5.74, 6) is -0.0877. The zero-order valence-corrected chi connectivity index (χ0v) is 12.7. The van der Waals surface area contributed by atoms with E-state index in [1.54, 1.807) is 28.9 Å². The highest BCUT2D eigenvalue weighted by Gasteiger charge is 2.14. The summed E-state index contributed by atoms with van der Waals surface area (Å²) >= 11 is 6.14. The Kier molecular flexibility index (Phi) is 4.05. The average Bonchev–Trinajstić information content (AvgIpc) is 2.99. The monoisotopic (exact) mass is 331 g/mol. The van der Waals surface area contributed by atoms with E-state index in [2.05, 4.69) is 10.4 Å². The van der Waals surface area contributed by atoms with Gasteiger partial charge in [0.1, 0.15) is 12.5 Å². The molecule has 0 atom stereocenters. The number of hydrogen-bond donors (Lipinski definition) is 3. The second kappa shape index (κ2) is 6.15. The third-order valence-corrected chi connectivity index (χ3v) is 3.57. The SMILES string of the molecule is NCOc1ccc(Nc2c(C(N)=O)cnn3cccc23)cc1Cl. The van der Waals surface area contributed by atoms with Crippen LogP contribution in [0.4, 0.5) is 11.4 Å². The Balaban J connectivity index is 2.04. The first-order valence-electron chi connectivity index (χ1n) is 6.75. The number of carbonyl (C=O) groups is 1. The summed E-state index contributed by atoms with van der Waals surface area (Å²) in [6.45, 7) is 0.0352. The highest BCUT2D eigenvalue weighted by molar-refractivity contribution is 6.32. The highest BCUT2D eigenvalue weighted by atomic mass is 35.5. The van der Waals surface area contributed by atoms with Crippen molar-refractivity contribution in [3.8, 4) is 5.75 Å². The zero-order chi connectivity index (χ0) is 16.4. The molecule has 0 aliphatic rings. The van der Waals surface area contributed by atoms with E-state index in [9.17, 15) is 4.79 Å².